The van der Waals surface area contributed by atoms with Gasteiger partial charge in [-0.05, 0) is 37.1 Å². The van der Waals surface area contributed by atoms with Crippen molar-refractivity contribution in [3.05, 3.63) is 53.9 Å². The van der Waals surface area contributed by atoms with Gasteiger partial charge in [-0.25, -0.2) is 0 Å². The lowest BCUT2D eigenvalue weighted by atomic mass is 10.1. The number of rotatable bonds is 2. The number of benzene rings is 1. The summed E-state index contributed by atoms with van der Waals surface area (Å²) in [6.45, 7) is 1.73. The summed E-state index contributed by atoms with van der Waals surface area (Å²) in [4.78, 5) is 19.4. The van der Waals surface area contributed by atoms with Crippen molar-refractivity contribution in [1.82, 2.24) is 9.88 Å². The fraction of sp³-hybridized carbons (Fsp3) is 0.333. The smallest absolute Gasteiger partial charge is 0.258 e. The molecule has 5 heteroatoms. The summed E-state index contributed by atoms with van der Waals surface area (Å²) in [6.07, 6.45) is 3.70. The van der Waals surface area contributed by atoms with Crippen LogP contribution in [0.2, 0.25) is 0 Å². The van der Waals surface area contributed by atoms with E-state index in [0.29, 0.717) is 30.3 Å². The second-order valence-electron chi connectivity index (χ2n) is 5.74. The van der Waals surface area contributed by atoms with Crippen LogP contribution in [0, 0.1) is 0 Å². The highest BCUT2D eigenvalue weighted by Crippen LogP contribution is 2.37. The standard InChI is InChI=1S/C18H18N2O3/c21-18(13-5-3-8-16-17(13)23-12-11-22-16)20-10-4-7-15(20)14-6-1-2-9-19-14/h1-3,5-6,8-9,15H,4,7,10-12H2/t15-/m0/s1. The lowest BCUT2D eigenvalue weighted by Crippen LogP contribution is -2.32. The summed E-state index contributed by atoms with van der Waals surface area (Å²) in [5, 5.41) is 0. The predicted molar refractivity (Wildman–Crippen MR) is 84.7 cm³/mol. The van der Waals surface area contributed by atoms with Crippen LogP contribution >= 0.6 is 0 Å². The maximum Gasteiger partial charge on any atom is 0.258 e. The van der Waals surface area contributed by atoms with E-state index in [4.69, 9.17) is 9.47 Å². The molecule has 0 aliphatic carbocycles. The Morgan fingerprint density at radius 1 is 1.13 bits per heavy atom. The zero-order valence-corrected chi connectivity index (χ0v) is 12.8. The van der Waals surface area contributed by atoms with Crippen molar-refractivity contribution >= 4 is 5.91 Å². The number of hydrogen-bond donors (Lipinski definition) is 0. The molecule has 2 aromatic rings. The highest BCUT2D eigenvalue weighted by Gasteiger charge is 2.33. The van der Waals surface area contributed by atoms with Crippen molar-refractivity contribution in [2.75, 3.05) is 19.8 Å². The van der Waals surface area contributed by atoms with Crippen molar-refractivity contribution in [1.29, 1.82) is 0 Å². The highest BCUT2D eigenvalue weighted by atomic mass is 16.6. The first-order valence-electron chi connectivity index (χ1n) is 7.95. The fourth-order valence-electron chi connectivity index (χ4n) is 3.29. The van der Waals surface area contributed by atoms with Crippen LogP contribution in [-0.4, -0.2) is 35.5 Å². The lowest BCUT2D eigenvalue weighted by Gasteiger charge is -2.27. The van der Waals surface area contributed by atoms with E-state index >= 15 is 0 Å². The summed E-state index contributed by atoms with van der Waals surface area (Å²) in [5.74, 6) is 1.20. The van der Waals surface area contributed by atoms with E-state index < -0.39 is 0 Å². The van der Waals surface area contributed by atoms with Crippen LogP contribution in [-0.2, 0) is 0 Å². The molecular formula is C18H18N2O3. The van der Waals surface area contributed by atoms with Crippen LogP contribution < -0.4 is 9.47 Å². The van der Waals surface area contributed by atoms with Crippen molar-refractivity contribution in [3.63, 3.8) is 0 Å². The van der Waals surface area contributed by atoms with Crippen molar-refractivity contribution in [3.8, 4) is 11.5 Å². The number of amides is 1. The van der Waals surface area contributed by atoms with E-state index in [1.54, 1.807) is 6.20 Å². The number of likely N-dealkylation sites (tertiary alicyclic amines) is 1. The Kier molecular flexibility index (Phi) is 3.61. The van der Waals surface area contributed by atoms with Crippen LogP contribution in [0.15, 0.2) is 42.6 Å². The van der Waals surface area contributed by atoms with Gasteiger partial charge in [-0.1, -0.05) is 12.1 Å². The molecule has 1 saturated heterocycles. The van der Waals surface area contributed by atoms with Crippen LogP contribution in [0.25, 0.3) is 0 Å². The minimum Gasteiger partial charge on any atom is -0.486 e. The van der Waals surface area contributed by atoms with E-state index in [0.717, 1.165) is 25.1 Å². The molecule has 3 heterocycles. The Balaban J connectivity index is 1.66. The molecule has 1 aromatic heterocycles. The monoisotopic (exact) mass is 310 g/mol. The molecule has 5 nitrogen and oxygen atoms in total. The van der Waals surface area contributed by atoms with Gasteiger partial charge in [0.25, 0.3) is 5.91 Å². The summed E-state index contributed by atoms with van der Waals surface area (Å²) < 4.78 is 11.3. The third-order valence-electron chi connectivity index (χ3n) is 4.34. The Hall–Kier alpha value is -2.56. The zero-order valence-electron chi connectivity index (χ0n) is 12.8. The normalized spacial score (nSPS) is 19.7. The molecule has 0 radical (unpaired) electrons. The number of fused-ring (bicyclic) bond motifs is 1. The summed E-state index contributed by atoms with van der Waals surface area (Å²) in [7, 11) is 0. The molecule has 0 N–H and O–H groups in total. The van der Waals surface area contributed by atoms with Crippen LogP contribution in [0.1, 0.15) is 34.9 Å². The largest absolute Gasteiger partial charge is 0.486 e. The molecular weight excluding hydrogens is 292 g/mol. The maximum atomic E-state index is 13.1. The third kappa shape index (κ3) is 2.52. The molecule has 1 fully saturated rings. The molecule has 1 atom stereocenters. The maximum absolute atomic E-state index is 13.1. The van der Waals surface area contributed by atoms with E-state index in [2.05, 4.69) is 4.98 Å². The SMILES string of the molecule is O=C(c1cccc2c1OCCO2)N1CCC[C@H]1c1ccccn1. The number of carbonyl (C=O) groups excluding carboxylic acids is 1. The molecule has 0 unspecified atom stereocenters. The second-order valence-corrected chi connectivity index (χ2v) is 5.74. The summed E-state index contributed by atoms with van der Waals surface area (Å²) in [5.41, 5.74) is 1.52. The van der Waals surface area contributed by atoms with Gasteiger partial charge in [0.2, 0.25) is 0 Å². The van der Waals surface area contributed by atoms with Crippen LogP contribution in [0.3, 0.4) is 0 Å². The van der Waals surface area contributed by atoms with Crippen molar-refractivity contribution in [2.24, 2.45) is 0 Å². The molecule has 0 spiro atoms. The number of nitrogens with zero attached hydrogens (tertiary/aromatic N) is 2. The number of para-hydroxylation sites is 1. The quantitative estimate of drug-likeness (QED) is 0.856. The second kappa shape index (κ2) is 5.91. The number of hydrogen-bond acceptors (Lipinski definition) is 4. The van der Waals surface area contributed by atoms with Gasteiger partial charge in [0, 0.05) is 12.7 Å². The van der Waals surface area contributed by atoms with E-state index in [1.807, 2.05) is 41.3 Å². The Morgan fingerprint density at radius 3 is 2.91 bits per heavy atom. The molecule has 2 aliphatic rings. The Bertz CT molecular complexity index is 717. The summed E-state index contributed by atoms with van der Waals surface area (Å²) in [6, 6.07) is 11.4. The first-order valence-corrected chi connectivity index (χ1v) is 7.95. The van der Waals surface area contributed by atoms with Gasteiger partial charge >= 0.3 is 0 Å². The fourth-order valence-corrected chi connectivity index (χ4v) is 3.29. The average molecular weight is 310 g/mol. The molecule has 1 amide bonds. The van der Waals surface area contributed by atoms with E-state index in [-0.39, 0.29) is 11.9 Å². The van der Waals surface area contributed by atoms with Gasteiger partial charge in [0.1, 0.15) is 13.2 Å². The number of carbonyl (C=O) groups is 1. The molecule has 1 aromatic carbocycles. The van der Waals surface area contributed by atoms with Gasteiger partial charge in [-0.15, -0.1) is 0 Å². The van der Waals surface area contributed by atoms with Crippen molar-refractivity contribution in [2.45, 2.75) is 18.9 Å². The third-order valence-corrected chi connectivity index (χ3v) is 4.34. The van der Waals surface area contributed by atoms with Gasteiger partial charge < -0.3 is 14.4 Å². The molecule has 118 valence electrons. The molecule has 0 saturated carbocycles. The van der Waals surface area contributed by atoms with Crippen LogP contribution in [0.4, 0.5) is 0 Å². The molecule has 0 bridgehead atoms. The van der Waals surface area contributed by atoms with Crippen molar-refractivity contribution < 1.29 is 14.3 Å². The Labute approximate surface area is 134 Å². The van der Waals surface area contributed by atoms with Gasteiger partial charge in [-0.2, -0.15) is 0 Å². The number of aromatic nitrogens is 1. The molecule has 2 aliphatic heterocycles. The molecule has 4 rings (SSSR count). The minimum absolute atomic E-state index is 0.0134. The Morgan fingerprint density at radius 2 is 2.04 bits per heavy atom. The lowest BCUT2D eigenvalue weighted by molar-refractivity contribution is 0.0722. The number of pyridine rings is 1. The minimum atomic E-state index is -0.0134. The predicted octanol–water partition coefficient (Wildman–Crippen LogP) is 2.83. The van der Waals surface area contributed by atoms with Gasteiger partial charge in [0.15, 0.2) is 11.5 Å². The van der Waals surface area contributed by atoms with Crippen LogP contribution in [0.5, 0.6) is 11.5 Å². The average Bonchev–Trinajstić information content (AvgIpc) is 3.11. The first kappa shape index (κ1) is 14.1. The van der Waals surface area contributed by atoms with E-state index in [1.165, 1.54) is 0 Å². The topological polar surface area (TPSA) is 51.7 Å². The number of ether oxygens (including phenoxy) is 2. The van der Waals surface area contributed by atoms with E-state index in [9.17, 15) is 4.79 Å². The molecule has 23 heavy (non-hydrogen) atoms. The highest BCUT2D eigenvalue weighted by molar-refractivity contribution is 5.98. The zero-order chi connectivity index (χ0) is 15.6. The summed E-state index contributed by atoms with van der Waals surface area (Å²) >= 11 is 0. The first-order chi connectivity index (χ1) is 11.3. The van der Waals surface area contributed by atoms with Gasteiger partial charge in [0.05, 0.1) is 17.3 Å². The van der Waals surface area contributed by atoms with Gasteiger partial charge in [-0.3, -0.25) is 9.78 Å².